The van der Waals surface area contributed by atoms with Crippen LogP contribution in [0.15, 0.2) is 30.3 Å². The molecule has 108 valence electrons. The quantitative estimate of drug-likeness (QED) is 0.898. The third-order valence-corrected chi connectivity index (χ3v) is 3.07. The third-order valence-electron chi connectivity index (χ3n) is 3.07. The Morgan fingerprint density at radius 3 is 2.45 bits per heavy atom. The first-order chi connectivity index (χ1) is 9.34. The van der Waals surface area contributed by atoms with Gasteiger partial charge in [-0.15, -0.1) is 0 Å². The van der Waals surface area contributed by atoms with Gasteiger partial charge in [-0.2, -0.15) is 5.06 Å². The summed E-state index contributed by atoms with van der Waals surface area (Å²) >= 11 is 0. The fourth-order valence-corrected chi connectivity index (χ4v) is 2.16. The molecule has 0 spiro atoms. The first kappa shape index (κ1) is 14.6. The summed E-state index contributed by atoms with van der Waals surface area (Å²) in [6, 6.07) is 7.30. The Morgan fingerprint density at radius 2 is 1.95 bits per heavy atom. The van der Waals surface area contributed by atoms with Crippen molar-refractivity contribution in [3.63, 3.8) is 0 Å². The molecule has 0 saturated heterocycles. The van der Waals surface area contributed by atoms with Crippen LogP contribution in [0, 0.1) is 0 Å². The number of methoxy groups -OCH3 is 1. The summed E-state index contributed by atoms with van der Waals surface area (Å²) in [7, 11) is 1.60. The highest BCUT2D eigenvalue weighted by Gasteiger charge is 2.36. The maximum atomic E-state index is 11.6. The summed E-state index contributed by atoms with van der Waals surface area (Å²) in [5.41, 5.74) is 0.792. The molecule has 0 aromatic heterocycles. The minimum absolute atomic E-state index is 0.343. The fourth-order valence-electron chi connectivity index (χ4n) is 2.16. The van der Waals surface area contributed by atoms with Crippen LogP contribution in [-0.2, 0) is 9.63 Å². The van der Waals surface area contributed by atoms with Crippen LogP contribution in [0.2, 0.25) is 0 Å². The predicted octanol–water partition coefficient (Wildman–Crippen LogP) is 1.97. The molecule has 0 aliphatic carbocycles. The maximum Gasteiger partial charge on any atom is 0.245 e. The number of carbonyl (C=O) groups excluding carboxylic acids is 1. The Morgan fingerprint density at radius 1 is 1.35 bits per heavy atom. The molecule has 1 aromatic rings. The largest absolute Gasteiger partial charge is 0.497 e. The molecule has 0 fully saturated rings. The van der Waals surface area contributed by atoms with Crippen molar-refractivity contribution >= 4 is 11.5 Å². The zero-order chi connectivity index (χ0) is 14.9. The molecular formula is C15H19NO4. The highest BCUT2D eigenvalue weighted by Crippen LogP contribution is 2.32. The Bertz CT molecular complexity index is 533. The molecular weight excluding hydrogens is 258 g/mol. The van der Waals surface area contributed by atoms with Gasteiger partial charge in [0.2, 0.25) is 5.91 Å². The molecule has 2 rings (SSSR count). The number of hydrogen-bond donors (Lipinski definition) is 1. The lowest BCUT2D eigenvalue weighted by Crippen LogP contribution is -2.48. The summed E-state index contributed by atoms with van der Waals surface area (Å²) in [4.78, 5) is 17.0. The van der Waals surface area contributed by atoms with Gasteiger partial charge in [0.25, 0.3) is 0 Å². The minimum Gasteiger partial charge on any atom is -0.497 e. The van der Waals surface area contributed by atoms with Crippen LogP contribution in [0.1, 0.15) is 26.3 Å². The van der Waals surface area contributed by atoms with E-state index in [0.29, 0.717) is 5.57 Å². The summed E-state index contributed by atoms with van der Waals surface area (Å²) in [6.45, 7) is 5.02. The van der Waals surface area contributed by atoms with Crippen molar-refractivity contribution < 1.29 is 19.5 Å². The normalized spacial score (nSPS) is 21.4. The highest BCUT2D eigenvalue weighted by atomic mass is 16.7. The molecule has 5 heteroatoms. The summed E-state index contributed by atoms with van der Waals surface area (Å²) in [5, 5.41) is 11.3. The number of carbonyl (C=O) groups is 1. The van der Waals surface area contributed by atoms with E-state index in [1.165, 1.54) is 6.92 Å². The third kappa shape index (κ3) is 2.84. The molecule has 0 saturated carbocycles. The lowest BCUT2D eigenvalue weighted by atomic mass is 9.96. The second-order valence-corrected chi connectivity index (χ2v) is 5.24. The second-order valence-electron chi connectivity index (χ2n) is 5.24. The SMILES string of the molecule is COc1ccc(C2=CC(C)(C)ON(C(C)=O)[C@@H]2O)cc1. The van der Waals surface area contributed by atoms with Gasteiger partial charge in [-0.3, -0.25) is 9.63 Å². The lowest BCUT2D eigenvalue weighted by molar-refractivity contribution is -0.259. The molecule has 1 heterocycles. The van der Waals surface area contributed by atoms with Crippen molar-refractivity contribution in [2.24, 2.45) is 0 Å². The zero-order valence-corrected chi connectivity index (χ0v) is 12.1. The Hall–Kier alpha value is -1.85. The summed E-state index contributed by atoms with van der Waals surface area (Å²) in [6.07, 6.45) is 0.702. The smallest absolute Gasteiger partial charge is 0.245 e. The average Bonchev–Trinajstić information content (AvgIpc) is 2.41. The summed E-state index contributed by atoms with van der Waals surface area (Å²) in [5.74, 6) is 0.392. The number of nitrogens with zero attached hydrogens (tertiary/aromatic N) is 1. The number of hydroxylamine groups is 2. The van der Waals surface area contributed by atoms with Gasteiger partial charge in [0.05, 0.1) is 7.11 Å². The average molecular weight is 277 g/mol. The van der Waals surface area contributed by atoms with Crippen molar-refractivity contribution in [3.05, 3.63) is 35.9 Å². The number of hydrogen-bond acceptors (Lipinski definition) is 4. The van der Waals surface area contributed by atoms with E-state index in [1.807, 2.05) is 44.2 Å². The predicted molar refractivity (Wildman–Crippen MR) is 74.7 cm³/mol. The Labute approximate surface area is 118 Å². The van der Waals surface area contributed by atoms with Crippen LogP contribution in [0.3, 0.4) is 0 Å². The molecule has 0 bridgehead atoms. The van der Waals surface area contributed by atoms with Crippen molar-refractivity contribution in [2.75, 3.05) is 7.11 Å². The Kier molecular flexibility index (Phi) is 3.83. The van der Waals surface area contributed by atoms with Crippen LogP contribution >= 0.6 is 0 Å². The van der Waals surface area contributed by atoms with Gasteiger partial charge in [0.15, 0.2) is 6.23 Å². The lowest BCUT2D eigenvalue weighted by Gasteiger charge is -2.39. The number of ether oxygens (including phenoxy) is 1. The topological polar surface area (TPSA) is 59.0 Å². The van der Waals surface area contributed by atoms with Gasteiger partial charge >= 0.3 is 0 Å². The minimum atomic E-state index is -1.12. The molecule has 1 atom stereocenters. The number of benzene rings is 1. The number of amides is 1. The summed E-state index contributed by atoms with van der Waals surface area (Å²) < 4.78 is 5.11. The van der Waals surface area contributed by atoms with Crippen LogP contribution in [0.4, 0.5) is 0 Å². The highest BCUT2D eigenvalue weighted by molar-refractivity contribution is 5.78. The van der Waals surface area contributed by atoms with Crippen LogP contribution in [-0.4, -0.2) is 35.0 Å². The van der Waals surface area contributed by atoms with E-state index in [9.17, 15) is 9.90 Å². The van der Waals surface area contributed by atoms with E-state index in [1.54, 1.807) is 7.11 Å². The molecule has 20 heavy (non-hydrogen) atoms. The second kappa shape index (κ2) is 5.26. The van der Waals surface area contributed by atoms with Gasteiger partial charge in [-0.1, -0.05) is 12.1 Å². The first-order valence-corrected chi connectivity index (χ1v) is 6.38. The standard InChI is InChI=1S/C15H19NO4/c1-10(17)16-14(18)13(9-15(2,3)20-16)11-5-7-12(19-4)8-6-11/h5-9,14,18H,1-4H3/t14-/m1/s1. The maximum absolute atomic E-state index is 11.6. The Balaban J connectivity index is 2.41. The van der Waals surface area contributed by atoms with Gasteiger partial charge in [0, 0.05) is 12.5 Å². The molecule has 1 aromatic carbocycles. The van der Waals surface area contributed by atoms with E-state index in [0.717, 1.165) is 16.4 Å². The van der Waals surface area contributed by atoms with Crippen molar-refractivity contribution in [2.45, 2.75) is 32.6 Å². The molecule has 0 radical (unpaired) electrons. The van der Waals surface area contributed by atoms with Crippen molar-refractivity contribution in [1.82, 2.24) is 5.06 Å². The fraction of sp³-hybridized carbons (Fsp3) is 0.400. The first-order valence-electron chi connectivity index (χ1n) is 6.38. The number of aliphatic hydroxyl groups excluding tert-OH is 1. The van der Waals surface area contributed by atoms with E-state index >= 15 is 0 Å². The zero-order valence-electron chi connectivity index (χ0n) is 12.1. The number of aliphatic hydroxyl groups is 1. The van der Waals surface area contributed by atoms with Gasteiger partial charge < -0.3 is 9.84 Å². The molecule has 1 aliphatic rings. The van der Waals surface area contributed by atoms with E-state index < -0.39 is 11.8 Å². The molecule has 0 unspecified atom stereocenters. The van der Waals surface area contributed by atoms with E-state index in [2.05, 4.69) is 0 Å². The van der Waals surface area contributed by atoms with Crippen molar-refractivity contribution in [1.29, 1.82) is 0 Å². The van der Waals surface area contributed by atoms with Crippen LogP contribution < -0.4 is 4.74 Å². The van der Waals surface area contributed by atoms with Crippen molar-refractivity contribution in [3.8, 4) is 5.75 Å². The molecule has 1 amide bonds. The molecule has 1 aliphatic heterocycles. The molecule has 1 N–H and O–H groups in total. The number of rotatable bonds is 2. The van der Waals surface area contributed by atoms with E-state index in [4.69, 9.17) is 9.57 Å². The monoisotopic (exact) mass is 277 g/mol. The molecule has 5 nitrogen and oxygen atoms in total. The van der Waals surface area contributed by atoms with Crippen LogP contribution in [0.25, 0.3) is 5.57 Å². The van der Waals surface area contributed by atoms with Gasteiger partial charge in [-0.25, -0.2) is 0 Å². The van der Waals surface area contributed by atoms with Gasteiger partial charge in [-0.05, 0) is 37.6 Å². The van der Waals surface area contributed by atoms with Gasteiger partial charge in [0.1, 0.15) is 11.4 Å². The van der Waals surface area contributed by atoms with E-state index in [-0.39, 0.29) is 5.91 Å². The van der Waals surface area contributed by atoms with Crippen LogP contribution in [0.5, 0.6) is 5.75 Å².